The summed E-state index contributed by atoms with van der Waals surface area (Å²) in [6.07, 6.45) is 15.1. The lowest BCUT2D eigenvalue weighted by Crippen LogP contribution is -2.02. The molecule has 0 unspecified atom stereocenters. The Bertz CT molecular complexity index is 1270. The molecule has 0 atom stereocenters. The normalized spacial score (nSPS) is 10.9. The van der Waals surface area contributed by atoms with Crippen molar-refractivity contribution in [2.45, 2.75) is 0 Å². The molecular weight excluding hydrogens is 726 g/mol. The van der Waals surface area contributed by atoms with E-state index in [1.54, 1.807) is 39.0 Å². The summed E-state index contributed by atoms with van der Waals surface area (Å²) in [6, 6.07) is 11.8. The maximum Gasteiger partial charge on any atom is 0.176 e. The molecule has 0 amide bonds. The Morgan fingerprint density at radius 1 is 0.579 bits per heavy atom. The van der Waals surface area contributed by atoms with E-state index in [2.05, 4.69) is 9.97 Å². The Kier molecular flexibility index (Phi) is 11.1. The van der Waals surface area contributed by atoms with Crippen molar-refractivity contribution in [2.24, 2.45) is 0 Å². The van der Waals surface area contributed by atoms with Gasteiger partial charge in [0.1, 0.15) is 11.5 Å². The first-order chi connectivity index (χ1) is 18.3. The highest BCUT2D eigenvalue weighted by Crippen LogP contribution is 2.32. The summed E-state index contributed by atoms with van der Waals surface area (Å²) in [5.41, 5.74) is 4.04. The van der Waals surface area contributed by atoms with Crippen LogP contribution in [-0.2, 0) is 0 Å². The third-order valence-electron chi connectivity index (χ3n) is 5.06. The lowest BCUT2D eigenvalue weighted by atomic mass is 10.1. The smallest absolute Gasteiger partial charge is 0.176 e. The van der Waals surface area contributed by atoms with E-state index in [0.29, 0.717) is 0 Å². The molecule has 4 rings (SSSR count). The molecule has 0 aliphatic heterocycles. The molecule has 196 valence electrons. The van der Waals surface area contributed by atoms with E-state index >= 15 is 0 Å². The molecule has 4 nitrogen and oxygen atoms in total. The minimum atomic E-state index is -1.35. The van der Waals surface area contributed by atoms with Gasteiger partial charge in [-0.3, -0.25) is 9.97 Å². The van der Waals surface area contributed by atoms with Crippen LogP contribution in [0.3, 0.4) is 0 Å². The Hall–Kier alpha value is -3.00. The number of ether oxygens (including phenoxy) is 2. The fourth-order valence-corrected chi connectivity index (χ4v) is 4.05. The average molecular weight is 746 g/mol. The summed E-state index contributed by atoms with van der Waals surface area (Å²) >= 11 is 2.41. The molecule has 0 fully saturated rings. The van der Waals surface area contributed by atoms with Crippen LogP contribution in [-0.4, -0.2) is 24.2 Å². The van der Waals surface area contributed by atoms with Gasteiger partial charge in [0, 0.05) is 35.9 Å². The van der Waals surface area contributed by atoms with E-state index in [0.717, 1.165) is 33.8 Å². The molecule has 0 aliphatic rings. The van der Waals surface area contributed by atoms with Gasteiger partial charge >= 0.3 is 0 Å². The fraction of sp³-hybridized carbons (Fsp3) is 0.0714. The minimum absolute atomic E-state index is 0.664. The van der Waals surface area contributed by atoms with Crippen LogP contribution < -0.4 is 9.47 Å². The summed E-state index contributed by atoms with van der Waals surface area (Å²) in [7, 11) is 3.34. The molecule has 0 saturated carbocycles. The first-order valence-corrected chi connectivity index (χ1v) is 13.0. The van der Waals surface area contributed by atoms with Crippen LogP contribution in [0.1, 0.15) is 22.3 Å². The van der Waals surface area contributed by atoms with Gasteiger partial charge in [-0.25, -0.2) is 17.6 Å². The van der Waals surface area contributed by atoms with Crippen LogP contribution in [0.5, 0.6) is 11.5 Å². The number of hydrogen-bond donors (Lipinski definition) is 0. The number of rotatable bonds is 6. The van der Waals surface area contributed by atoms with Gasteiger partial charge in [-0.05, 0) is 92.7 Å². The third-order valence-corrected chi connectivity index (χ3v) is 6.96. The van der Waals surface area contributed by atoms with E-state index in [-0.39, 0.29) is 0 Å². The molecule has 0 aliphatic carbocycles. The van der Waals surface area contributed by atoms with Gasteiger partial charge in [-0.1, -0.05) is 24.3 Å². The zero-order valence-corrected chi connectivity index (χ0v) is 24.4. The van der Waals surface area contributed by atoms with Crippen molar-refractivity contribution in [1.82, 2.24) is 9.97 Å². The number of aromatic nitrogens is 2. The minimum Gasteiger partial charge on any atom is -0.496 e. The number of methoxy groups -OCH3 is 2. The molecule has 0 saturated heterocycles. The van der Waals surface area contributed by atoms with E-state index in [4.69, 9.17) is 9.47 Å². The third kappa shape index (κ3) is 7.53. The molecule has 0 bridgehead atoms. The lowest BCUT2D eigenvalue weighted by Gasteiger charge is -2.11. The van der Waals surface area contributed by atoms with Gasteiger partial charge in [0.05, 0.1) is 21.4 Å². The van der Waals surface area contributed by atoms with E-state index in [1.807, 2.05) is 60.7 Å². The Balaban J connectivity index is 0.000000279. The number of pyridine rings is 2. The monoisotopic (exact) mass is 746 g/mol. The van der Waals surface area contributed by atoms with E-state index < -0.39 is 30.4 Å². The highest BCUT2D eigenvalue weighted by molar-refractivity contribution is 14.1. The number of nitrogens with zero attached hydrogens (tertiary/aromatic N) is 2. The van der Waals surface area contributed by atoms with Gasteiger partial charge in [0.2, 0.25) is 0 Å². The van der Waals surface area contributed by atoms with Crippen molar-refractivity contribution in [3.05, 3.63) is 114 Å². The first kappa shape index (κ1) is 29.6. The van der Waals surface area contributed by atoms with Crippen LogP contribution in [0.4, 0.5) is 17.6 Å². The van der Waals surface area contributed by atoms with Crippen LogP contribution in [0, 0.1) is 30.4 Å². The van der Waals surface area contributed by atoms with Crippen molar-refractivity contribution in [3.63, 3.8) is 0 Å². The summed E-state index contributed by atoms with van der Waals surface area (Å²) in [6.45, 7) is 0. The molecule has 0 spiro atoms. The van der Waals surface area contributed by atoms with Crippen LogP contribution >= 0.6 is 45.2 Å². The van der Waals surface area contributed by atoms with Crippen molar-refractivity contribution in [3.8, 4) is 11.5 Å². The fourth-order valence-electron chi connectivity index (χ4n) is 3.10. The van der Waals surface area contributed by atoms with Crippen molar-refractivity contribution in [2.75, 3.05) is 14.2 Å². The second-order valence-corrected chi connectivity index (χ2v) is 9.61. The van der Waals surface area contributed by atoms with Crippen LogP contribution in [0.25, 0.3) is 24.3 Å². The predicted molar refractivity (Wildman–Crippen MR) is 158 cm³/mol. The molecule has 2 aromatic carbocycles. The highest BCUT2D eigenvalue weighted by Gasteiger charge is 2.21. The highest BCUT2D eigenvalue weighted by atomic mass is 127. The van der Waals surface area contributed by atoms with E-state index in [1.165, 1.54) is 45.2 Å². The second kappa shape index (κ2) is 14.2. The Labute approximate surface area is 244 Å². The number of hydrogen-bond acceptors (Lipinski definition) is 4. The molecule has 0 radical (unpaired) electrons. The summed E-state index contributed by atoms with van der Waals surface area (Å²) in [4.78, 5) is 8.06. The molecule has 10 heteroatoms. The molecule has 38 heavy (non-hydrogen) atoms. The Morgan fingerprint density at radius 2 is 0.895 bits per heavy atom. The topological polar surface area (TPSA) is 44.2 Å². The van der Waals surface area contributed by atoms with Crippen molar-refractivity contribution >= 4 is 69.5 Å². The van der Waals surface area contributed by atoms with Gasteiger partial charge in [0.25, 0.3) is 0 Å². The van der Waals surface area contributed by atoms with Crippen molar-refractivity contribution < 1.29 is 27.0 Å². The standard InChI is InChI=1S/C22H20N2O2.C6F4I2/c1-25-21-15-20(6-4-18-9-13-24-14-10-18)22(26-2)16-19(21)5-3-17-7-11-23-12-8-17;7-1-2(8)6(12)4(10)3(9)5(1)11/h3-16H,1-2H3;/b5-3+,6-4+;. The summed E-state index contributed by atoms with van der Waals surface area (Å²) < 4.78 is 60.4. The molecule has 2 heterocycles. The first-order valence-electron chi connectivity index (χ1n) is 10.9. The van der Waals surface area contributed by atoms with Gasteiger partial charge in [-0.2, -0.15) is 0 Å². The molecule has 0 N–H and O–H groups in total. The number of halogens is 6. The number of benzene rings is 2. The second-order valence-electron chi connectivity index (χ2n) is 7.45. The summed E-state index contributed by atoms with van der Waals surface area (Å²) in [5.74, 6) is -3.83. The maximum atomic E-state index is 12.6. The van der Waals surface area contributed by atoms with Crippen molar-refractivity contribution in [1.29, 1.82) is 0 Å². The van der Waals surface area contributed by atoms with E-state index in [9.17, 15) is 17.6 Å². The zero-order valence-electron chi connectivity index (χ0n) is 20.1. The molecular formula is C28H20F4I2N2O2. The van der Waals surface area contributed by atoms with Crippen LogP contribution in [0.15, 0.2) is 61.2 Å². The predicted octanol–water partition coefficient (Wildman–Crippen LogP) is 8.29. The maximum absolute atomic E-state index is 12.6. The molecule has 2 aromatic heterocycles. The lowest BCUT2D eigenvalue weighted by molar-refractivity contribution is 0.401. The Morgan fingerprint density at radius 3 is 1.18 bits per heavy atom. The van der Waals surface area contributed by atoms with Gasteiger partial charge in [-0.15, -0.1) is 0 Å². The van der Waals surface area contributed by atoms with Crippen LogP contribution in [0.2, 0.25) is 0 Å². The van der Waals surface area contributed by atoms with Gasteiger partial charge in [0.15, 0.2) is 23.3 Å². The van der Waals surface area contributed by atoms with Gasteiger partial charge < -0.3 is 9.47 Å². The SMILES string of the molecule is COc1cc(/C=C/c2ccncc2)c(OC)cc1/C=C/c1ccncc1.Fc1c(F)c(I)c(F)c(F)c1I. The zero-order chi connectivity index (χ0) is 27.7. The molecule has 4 aromatic rings. The summed E-state index contributed by atoms with van der Waals surface area (Å²) in [5, 5.41) is 0. The largest absolute Gasteiger partial charge is 0.496 e. The quantitative estimate of drug-likeness (QED) is 0.0863. The average Bonchev–Trinajstić information content (AvgIpc) is 2.97.